The Morgan fingerprint density at radius 3 is 2.24 bits per heavy atom. The molecule has 2 aromatic rings. The van der Waals surface area contributed by atoms with E-state index in [2.05, 4.69) is 0 Å². The molecule has 2 aromatic carbocycles. The predicted octanol–water partition coefficient (Wildman–Crippen LogP) is 1.61. The second kappa shape index (κ2) is 8.85. The largest absolute Gasteiger partial charge is 0.469 e. The molecule has 1 heterocycles. The van der Waals surface area contributed by atoms with Crippen molar-refractivity contribution >= 4 is 35.1 Å². The average molecular weight is 450 g/mol. The van der Waals surface area contributed by atoms with Gasteiger partial charge in [-0.1, -0.05) is 24.3 Å². The van der Waals surface area contributed by atoms with Crippen molar-refractivity contribution in [3.8, 4) is 0 Å². The fourth-order valence-electron chi connectivity index (χ4n) is 4.22. The van der Waals surface area contributed by atoms with E-state index in [0.717, 1.165) is 0 Å². The van der Waals surface area contributed by atoms with E-state index >= 15 is 0 Å². The topological polar surface area (TPSA) is 133 Å². The van der Waals surface area contributed by atoms with Crippen LogP contribution >= 0.6 is 0 Å². The molecule has 1 amide bonds. The third-order valence-electron chi connectivity index (χ3n) is 6.06. The number of ether oxygens (including phenoxy) is 2. The van der Waals surface area contributed by atoms with Crippen LogP contribution in [0.15, 0.2) is 36.4 Å². The van der Waals surface area contributed by atoms with Crippen molar-refractivity contribution in [3.63, 3.8) is 0 Å². The lowest BCUT2D eigenvalue weighted by Crippen LogP contribution is -2.42. The molecule has 0 unspecified atom stereocenters. The normalized spacial score (nSPS) is 15.5. The first-order valence-corrected chi connectivity index (χ1v) is 10.5. The molecule has 1 aliphatic heterocycles. The SMILES string of the molecule is COC(=O)C1CCN(C(=O)COC(=O)c2ccc3c(c2N)C(=O)c2ccccc2C3=O)CC1. The first kappa shape index (κ1) is 22.2. The van der Waals surface area contributed by atoms with Crippen LogP contribution in [0.1, 0.15) is 55.0 Å². The Bertz CT molecular complexity index is 1180. The van der Waals surface area contributed by atoms with Gasteiger partial charge < -0.3 is 20.1 Å². The van der Waals surface area contributed by atoms with Crippen LogP contribution in [0.2, 0.25) is 0 Å². The van der Waals surface area contributed by atoms with Crippen molar-refractivity contribution in [2.75, 3.05) is 32.5 Å². The van der Waals surface area contributed by atoms with Crippen LogP contribution in [0.25, 0.3) is 0 Å². The van der Waals surface area contributed by atoms with Crippen LogP contribution in [-0.4, -0.2) is 61.1 Å². The van der Waals surface area contributed by atoms with Crippen molar-refractivity contribution in [1.82, 2.24) is 4.90 Å². The molecule has 0 radical (unpaired) electrons. The molecule has 170 valence electrons. The summed E-state index contributed by atoms with van der Waals surface area (Å²) in [6.07, 6.45) is 0.948. The van der Waals surface area contributed by atoms with Crippen molar-refractivity contribution in [3.05, 3.63) is 64.2 Å². The van der Waals surface area contributed by atoms with E-state index < -0.39 is 24.3 Å². The molecule has 0 atom stereocenters. The molecule has 0 aromatic heterocycles. The Labute approximate surface area is 189 Å². The van der Waals surface area contributed by atoms with Gasteiger partial charge in [-0.3, -0.25) is 19.2 Å². The number of hydrogen-bond acceptors (Lipinski definition) is 8. The number of anilines is 1. The van der Waals surface area contributed by atoms with E-state index in [0.29, 0.717) is 25.9 Å². The van der Waals surface area contributed by atoms with Crippen LogP contribution < -0.4 is 5.73 Å². The molecule has 0 bridgehead atoms. The summed E-state index contributed by atoms with van der Waals surface area (Å²) in [5, 5.41) is 0. The number of esters is 2. The summed E-state index contributed by atoms with van der Waals surface area (Å²) < 4.78 is 9.87. The van der Waals surface area contributed by atoms with Crippen LogP contribution in [-0.2, 0) is 19.1 Å². The van der Waals surface area contributed by atoms with E-state index in [1.807, 2.05) is 0 Å². The number of piperidine rings is 1. The molecule has 33 heavy (non-hydrogen) atoms. The number of carbonyl (C=O) groups is 5. The van der Waals surface area contributed by atoms with Gasteiger partial charge in [0.25, 0.3) is 5.91 Å². The summed E-state index contributed by atoms with van der Waals surface area (Å²) in [6.45, 7) is 0.203. The minimum absolute atomic E-state index is 0.0376. The molecular formula is C24H22N2O7. The van der Waals surface area contributed by atoms with E-state index in [-0.39, 0.29) is 51.2 Å². The van der Waals surface area contributed by atoms with Crippen LogP contribution in [0, 0.1) is 5.92 Å². The molecule has 2 aliphatic rings. The van der Waals surface area contributed by atoms with Gasteiger partial charge in [0.15, 0.2) is 18.2 Å². The highest BCUT2D eigenvalue weighted by Crippen LogP contribution is 2.33. The monoisotopic (exact) mass is 450 g/mol. The summed E-state index contributed by atoms with van der Waals surface area (Å²) in [6, 6.07) is 9.10. The molecule has 0 saturated carbocycles. The summed E-state index contributed by atoms with van der Waals surface area (Å²) in [4.78, 5) is 63.9. The number of rotatable bonds is 4. The van der Waals surface area contributed by atoms with Gasteiger partial charge in [-0.05, 0) is 25.0 Å². The highest BCUT2D eigenvalue weighted by Gasteiger charge is 2.33. The zero-order valence-corrected chi connectivity index (χ0v) is 18.0. The quantitative estimate of drug-likeness (QED) is 0.468. The standard InChI is InChI=1S/C24H22N2O7/c1-32-23(30)13-8-10-26(11-9-13)18(27)12-33-24(31)17-7-6-16-19(20(17)25)22(29)15-5-3-2-4-14(15)21(16)28/h2-7,13H,8-12,25H2,1H3. The highest BCUT2D eigenvalue weighted by atomic mass is 16.5. The van der Waals surface area contributed by atoms with Gasteiger partial charge in [-0.15, -0.1) is 0 Å². The second-order valence-corrected chi connectivity index (χ2v) is 7.91. The Morgan fingerprint density at radius 1 is 0.970 bits per heavy atom. The van der Waals surface area contributed by atoms with Gasteiger partial charge >= 0.3 is 11.9 Å². The van der Waals surface area contributed by atoms with Gasteiger partial charge in [0.1, 0.15) is 0 Å². The summed E-state index contributed by atoms with van der Waals surface area (Å²) in [7, 11) is 1.33. The zero-order valence-electron chi connectivity index (χ0n) is 18.0. The van der Waals surface area contributed by atoms with Crippen LogP contribution in [0.4, 0.5) is 5.69 Å². The van der Waals surface area contributed by atoms with E-state index in [9.17, 15) is 24.0 Å². The fraction of sp³-hybridized carbons (Fsp3) is 0.292. The maximum absolute atomic E-state index is 12.9. The Balaban J connectivity index is 1.45. The minimum Gasteiger partial charge on any atom is -0.469 e. The van der Waals surface area contributed by atoms with Crippen LogP contribution in [0.3, 0.4) is 0 Å². The fourth-order valence-corrected chi connectivity index (χ4v) is 4.22. The number of methoxy groups -OCH3 is 1. The van der Waals surface area contributed by atoms with Gasteiger partial charge in [0.2, 0.25) is 0 Å². The summed E-state index contributed by atoms with van der Waals surface area (Å²) in [5.41, 5.74) is 6.45. The molecule has 4 rings (SSSR count). The second-order valence-electron chi connectivity index (χ2n) is 7.91. The minimum atomic E-state index is -0.868. The van der Waals surface area contributed by atoms with Crippen molar-refractivity contribution in [2.45, 2.75) is 12.8 Å². The smallest absolute Gasteiger partial charge is 0.340 e. The molecule has 0 spiro atoms. The lowest BCUT2D eigenvalue weighted by Gasteiger charge is -2.30. The lowest BCUT2D eigenvalue weighted by molar-refractivity contribution is -0.149. The number of nitrogens with two attached hydrogens (primary N) is 1. The molecule has 9 nitrogen and oxygen atoms in total. The van der Waals surface area contributed by atoms with Gasteiger partial charge in [-0.2, -0.15) is 0 Å². The maximum Gasteiger partial charge on any atom is 0.340 e. The number of ketones is 2. The van der Waals surface area contributed by atoms with Gasteiger partial charge in [0.05, 0.1) is 29.8 Å². The highest BCUT2D eigenvalue weighted by molar-refractivity contribution is 6.30. The maximum atomic E-state index is 12.9. The molecular weight excluding hydrogens is 428 g/mol. The number of nitrogen functional groups attached to an aromatic ring is 1. The van der Waals surface area contributed by atoms with Gasteiger partial charge in [-0.25, -0.2) is 4.79 Å². The third-order valence-corrected chi connectivity index (χ3v) is 6.06. The number of amides is 1. The predicted molar refractivity (Wildman–Crippen MR) is 116 cm³/mol. The van der Waals surface area contributed by atoms with E-state index in [4.69, 9.17) is 15.2 Å². The summed E-state index contributed by atoms with van der Waals surface area (Å²) >= 11 is 0. The number of benzene rings is 2. The molecule has 1 aliphatic carbocycles. The average Bonchev–Trinajstić information content (AvgIpc) is 2.85. The van der Waals surface area contributed by atoms with Crippen LogP contribution in [0.5, 0.6) is 0 Å². The number of hydrogen-bond donors (Lipinski definition) is 1. The molecule has 9 heteroatoms. The summed E-state index contributed by atoms with van der Waals surface area (Å²) in [5.74, 6) is -2.61. The Morgan fingerprint density at radius 2 is 1.61 bits per heavy atom. The van der Waals surface area contributed by atoms with Crippen molar-refractivity contribution in [2.24, 2.45) is 5.92 Å². The number of nitrogens with zero attached hydrogens (tertiary/aromatic N) is 1. The van der Waals surface area contributed by atoms with Crippen molar-refractivity contribution < 1.29 is 33.4 Å². The third kappa shape index (κ3) is 3.97. The first-order valence-electron chi connectivity index (χ1n) is 10.5. The first-order chi connectivity index (χ1) is 15.8. The number of carbonyl (C=O) groups excluding carboxylic acids is 5. The number of fused-ring (bicyclic) bond motifs is 2. The Kier molecular flexibility index (Phi) is 5.95. The van der Waals surface area contributed by atoms with E-state index in [1.165, 1.54) is 30.2 Å². The number of likely N-dealkylation sites (tertiary alicyclic amines) is 1. The molecule has 1 fully saturated rings. The molecule has 2 N–H and O–H groups in total. The van der Waals surface area contributed by atoms with Gasteiger partial charge in [0, 0.05) is 29.8 Å². The van der Waals surface area contributed by atoms with Crippen molar-refractivity contribution in [1.29, 1.82) is 0 Å². The molecule has 1 saturated heterocycles. The zero-order chi connectivity index (χ0) is 23.7. The van der Waals surface area contributed by atoms with E-state index in [1.54, 1.807) is 18.2 Å². The Hall–Kier alpha value is -4.01. The lowest BCUT2D eigenvalue weighted by atomic mass is 9.82.